The minimum absolute atomic E-state index is 0.281. The van der Waals surface area contributed by atoms with E-state index < -0.39 is 0 Å². The van der Waals surface area contributed by atoms with Crippen LogP contribution in [0.4, 0.5) is 5.82 Å². The third-order valence-electron chi connectivity index (χ3n) is 4.61. The molecule has 160 valence electrons. The van der Waals surface area contributed by atoms with E-state index in [0.717, 1.165) is 22.2 Å². The highest BCUT2D eigenvalue weighted by atomic mass is 35.5. The third kappa shape index (κ3) is 4.99. The van der Waals surface area contributed by atoms with Gasteiger partial charge in [-0.25, -0.2) is 4.98 Å². The van der Waals surface area contributed by atoms with Crippen molar-refractivity contribution in [1.82, 2.24) is 20.2 Å². The zero-order valence-corrected chi connectivity index (χ0v) is 19.0. The van der Waals surface area contributed by atoms with Gasteiger partial charge in [0.25, 0.3) is 0 Å². The number of pyridine rings is 2. The van der Waals surface area contributed by atoms with Gasteiger partial charge in [0.15, 0.2) is 5.82 Å². The second-order valence-electron chi connectivity index (χ2n) is 6.71. The molecule has 1 aromatic carbocycles. The predicted molar refractivity (Wildman–Crippen MR) is 129 cm³/mol. The van der Waals surface area contributed by atoms with Crippen LogP contribution in [0.1, 0.15) is 29.8 Å². The van der Waals surface area contributed by atoms with E-state index in [4.69, 9.17) is 27.9 Å². The van der Waals surface area contributed by atoms with E-state index in [0.29, 0.717) is 27.2 Å². The van der Waals surface area contributed by atoms with Crippen LogP contribution in [0.15, 0.2) is 53.9 Å². The fourth-order valence-corrected chi connectivity index (χ4v) is 3.93. The first-order chi connectivity index (χ1) is 15.5. The van der Waals surface area contributed by atoms with Crippen molar-refractivity contribution >= 4 is 69.3 Å². The number of halogens is 2. The molecule has 3 heterocycles. The Morgan fingerprint density at radius 3 is 2.66 bits per heavy atom. The number of fused-ring (bicyclic) bond motifs is 1. The van der Waals surface area contributed by atoms with Crippen LogP contribution >= 0.6 is 23.2 Å². The van der Waals surface area contributed by atoms with Crippen molar-refractivity contribution in [1.29, 1.82) is 0 Å². The number of aliphatic imine (C=N–C) groups is 1. The molecule has 0 spiro atoms. The average Bonchev–Trinajstić information content (AvgIpc) is 3.19. The van der Waals surface area contributed by atoms with E-state index in [1.54, 1.807) is 24.7 Å². The van der Waals surface area contributed by atoms with Gasteiger partial charge in [-0.3, -0.25) is 10.1 Å². The van der Waals surface area contributed by atoms with Crippen LogP contribution < -0.4 is 4.74 Å². The first kappa shape index (κ1) is 22.0. The van der Waals surface area contributed by atoms with Gasteiger partial charge in [0, 0.05) is 33.7 Å². The molecule has 0 amide bonds. The second kappa shape index (κ2) is 9.95. The Labute approximate surface area is 197 Å². The van der Waals surface area contributed by atoms with Gasteiger partial charge in [-0.1, -0.05) is 29.3 Å². The fraction of sp³-hybridized carbons (Fsp3) is 0.0909. The van der Waals surface area contributed by atoms with Crippen molar-refractivity contribution in [3.8, 4) is 5.75 Å². The molecule has 0 fully saturated rings. The van der Waals surface area contributed by atoms with Crippen molar-refractivity contribution in [2.75, 3.05) is 0 Å². The lowest BCUT2D eigenvalue weighted by Gasteiger charge is -2.17. The number of hydrogen-bond acceptors (Lipinski definition) is 6. The number of nitrogens with one attached hydrogen (secondary N) is 1. The summed E-state index contributed by atoms with van der Waals surface area (Å²) in [6.45, 7) is 1.88. The molecule has 0 radical (unpaired) electrons. The molecule has 0 bridgehead atoms. The summed E-state index contributed by atoms with van der Waals surface area (Å²) in [4.78, 5) is 12.1. The number of aromatic amines is 1. The van der Waals surface area contributed by atoms with Crippen molar-refractivity contribution in [2.45, 2.75) is 13.0 Å². The van der Waals surface area contributed by atoms with E-state index in [2.05, 4.69) is 25.2 Å². The normalized spacial score (nSPS) is 12.6. The summed E-state index contributed by atoms with van der Waals surface area (Å²) in [5.41, 5.74) is 4.39. The molecule has 1 atom stereocenters. The Kier molecular flexibility index (Phi) is 6.84. The highest BCUT2D eigenvalue weighted by Gasteiger charge is 2.16. The minimum Gasteiger partial charge on any atom is -0.486 e. The number of nitrogens with zero attached hydrogens (tertiary/aromatic N) is 4. The van der Waals surface area contributed by atoms with Crippen molar-refractivity contribution < 1.29 is 8.95 Å². The van der Waals surface area contributed by atoms with Crippen LogP contribution in [0.3, 0.4) is 0 Å². The maximum Gasteiger partial charge on any atom is 0.518 e. The van der Waals surface area contributed by atoms with Gasteiger partial charge in [0.1, 0.15) is 11.9 Å². The van der Waals surface area contributed by atoms with Crippen LogP contribution in [0.2, 0.25) is 10.0 Å². The van der Waals surface area contributed by atoms with Crippen LogP contribution in [0.5, 0.6) is 5.75 Å². The van der Waals surface area contributed by atoms with Gasteiger partial charge in [-0.15, -0.1) is 0 Å². The summed E-state index contributed by atoms with van der Waals surface area (Å²) in [6.07, 6.45) is 8.17. The number of H-pyrrole nitrogens is 1. The van der Waals surface area contributed by atoms with Crippen molar-refractivity contribution in [3.63, 3.8) is 0 Å². The highest BCUT2D eigenvalue weighted by Crippen LogP contribution is 2.33. The molecule has 0 aliphatic heterocycles. The maximum atomic E-state index is 10.4. The summed E-state index contributed by atoms with van der Waals surface area (Å²) in [6, 6.07) is 9.27. The Bertz CT molecular complexity index is 1300. The van der Waals surface area contributed by atoms with Crippen LogP contribution in [0, 0.1) is 0 Å². The molecular formula is C22H16Cl2N5O2S+. The summed E-state index contributed by atoms with van der Waals surface area (Å²) < 4.78 is 16.5. The topological polar surface area (TPSA) is 93.1 Å². The number of benzene rings is 1. The van der Waals surface area contributed by atoms with E-state index in [9.17, 15) is 4.21 Å². The fourth-order valence-electron chi connectivity index (χ4n) is 3.11. The largest absolute Gasteiger partial charge is 0.518 e. The Balaban J connectivity index is 1.55. The molecule has 10 heteroatoms. The van der Waals surface area contributed by atoms with E-state index >= 15 is 0 Å². The molecule has 4 aromatic rings. The van der Waals surface area contributed by atoms with E-state index in [1.165, 1.54) is 5.55 Å². The van der Waals surface area contributed by atoms with Gasteiger partial charge in [0.2, 0.25) is 0 Å². The first-order valence-electron chi connectivity index (χ1n) is 9.44. The smallest absolute Gasteiger partial charge is 0.486 e. The molecule has 0 aliphatic rings. The molecule has 0 unspecified atom stereocenters. The zero-order valence-electron chi connectivity index (χ0n) is 16.7. The molecule has 0 saturated carbocycles. The number of rotatable bonds is 7. The minimum atomic E-state index is -0.367. The lowest BCUT2D eigenvalue weighted by atomic mass is 10.1. The molecule has 0 aliphatic carbocycles. The van der Waals surface area contributed by atoms with Crippen LogP contribution in [-0.4, -0.2) is 25.7 Å². The van der Waals surface area contributed by atoms with Crippen molar-refractivity contribution in [3.05, 3.63) is 75.8 Å². The van der Waals surface area contributed by atoms with Gasteiger partial charge >= 0.3 is 17.2 Å². The maximum absolute atomic E-state index is 10.4. The lowest BCUT2D eigenvalue weighted by molar-refractivity contribution is 0.227. The predicted octanol–water partition coefficient (Wildman–Crippen LogP) is 6.06. The zero-order chi connectivity index (χ0) is 22.5. The molecular weight excluding hydrogens is 469 g/mol. The Morgan fingerprint density at radius 2 is 1.94 bits per heavy atom. The van der Waals surface area contributed by atoms with Gasteiger partial charge in [-0.2, -0.15) is 10.1 Å². The summed E-state index contributed by atoms with van der Waals surface area (Å²) in [7, 11) is 0. The molecule has 3 aromatic heterocycles. The monoisotopic (exact) mass is 484 g/mol. The van der Waals surface area contributed by atoms with E-state index in [-0.39, 0.29) is 17.8 Å². The van der Waals surface area contributed by atoms with Crippen LogP contribution in [0.25, 0.3) is 23.1 Å². The SMILES string of the molecule is C[C@H](Oc1ccc2[nH]nc(/C=C/c3ccc(N=C[S+]=O)nc3)c2c1)c1c(Cl)cncc1Cl. The number of ether oxygens (including phenoxy) is 1. The third-order valence-corrected chi connectivity index (χ3v) is 5.40. The molecule has 7 nitrogen and oxygen atoms in total. The molecule has 0 saturated heterocycles. The van der Waals surface area contributed by atoms with Crippen molar-refractivity contribution in [2.24, 2.45) is 4.99 Å². The number of hydrogen-bond donors (Lipinski definition) is 1. The molecule has 4 rings (SSSR count). The highest BCUT2D eigenvalue weighted by molar-refractivity contribution is 7.81. The Morgan fingerprint density at radius 1 is 1.12 bits per heavy atom. The summed E-state index contributed by atoms with van der Waals surface area (Å²) >= 11 is 12.8. The Hall–Kier alpha value is -3.20. The standard InChI is InChI=1S/C22H16Cl2N5O2S/c1-13(22-17(23)10-25-11-18(22)24)31-15-4-6-20-16(8-15)19(28-29-20)5-2-14-3-7-21(26-9-14)27-12-32-30/h2-13H,1H3,(H,28,29)/q+1/b5-2+,27-12?/t13-/m0/s1. The summed E-state index contributed by atoms with van der Waals surface area (Å²) in [5, 5.41) is 9.20. The van der Waals surface area contributed by atoms with E-state index in [1.807, 2.05) is 43.3 Å². The van der Waals surface area contributed by atoms with Gasteiger partial charge < -0.3 is 4.74 Å². The average molecular weight is 485 g/mol. The van der Waals surface area contributed by atoms with Gasteiger partial charge in [-0.05, 0) is 48.9 Å². The summed E-state index contributed by atoms with van der Waals surface area (Å²) in [5.74, 6) is 1.13. The first-order valence-corrected chi connectivity index (χ1v) is 11.0. The second-order valence-corrected chi connectivity index (χ2v) is 7.92. The quantitative estimate of drug-likeness (QED) is 0.195. The molecule has 32 heavy (non-hydrogen) atoms. The molecule has 1 N–H and O–H groups in total. The lowest BCUT2D eigenvalue weighted by Crippen LogP contribution is -2.05. The number of aromatic nitrogens is 4. The van der Waals surface area contributed by atoms with Crippen LogP contribution in [-0.2, 0) is 15.9 Å². The van der Waals surface area contributed by atoms with Gasteiger partial charge in [0.05, 0.1) is 21.3 Å².